The maximum absolute atomic E-state index is 13.1. The summed E-state index contributed by atoms with van der Waals surface area (Å²) in [6.07, 6.45) is 2.58. The Labute approximate surface area is 113 Å². The van der Waals surface area contributed by atoms with Gasteiger partial charge in [-0.15, -0.1) is 0 Å². The maximum atomic E-state index is 13.1. The third-order valence-corrected chi connectivity index (χ3v) is 2.48. The van der Waals surface area contributed by atoms with Crippen molar-refractivity contribution in [2.24, 2.45) is 0 Å². The number of ether oxygens (including phenoxy) is 2. The van der Waals surface area contributed by atoms with Crippen molar-refractivity contribution in [2.75, 3.05) is 7.11 Å². The van der Waals surface area contributed by atoms with Gasteiger partial charge in [-0.2, -0.15) is 0 Å². The van der Waals surface area contributed by atoms with Crippen LogP contribution in [0, 0.1) is 5.82 Å². The molecule has 2 aromatic rings. The molecule has 5 nitrogen and oxygen atoms in total. The average Bonchev–Trinajstić information content (AvgIpc) is 2.42. The fourth-order valence-electron chi connectivity index (χ4n) is 1.35. The zero-order valence-electron chi connectivity index (χ0n) is 9.76. The van der Waals surface area contributed by atoms with E-state index < -0.39 is 11.8 Å². The number of carbonyl (C=O) groups excluding carboxylic acids is 1. The van der Waals surface area contributed by atoms with Gasteiger partial charge in [-0.1, -0.05) is 11.6 Å². The fourth-order valence-corrected chi connectivity index (χ4v) is 1.48. The van der Waals surface area contributed by atoms with Crippen LogP contribution in [-0.4, -0.2) is 23.0 Å². The van der Waals surface area contributed by atoms with E-state index in [1.165, 1.54) is 25.7 Å². The van der Waals surface area contributed by atoms with Crippen LogP contribution < -0.4 is 4.74 Å². The van der Waals surface area contributed by atoms with Crippen molar-refractivity contribution < 1.29 is 18.7 Å². The summed E-state index contributed by atoms with van der Waals surface area (Å²) in [5, 5.41) is 0.0788. The molecule has 0 aliphatic heterocycles. The third-order valence-electron chi connectivity index (χ3n) is 2.20. The molecule has 0 saturated heterocycles. The molecule has 0 radical (unpaired) electrons. The van der Waals surface area contributed by atoms with E-state index in [4.69, 9.17) is 16.3 Å². The second kappa shape index (κ2) is 5.62. The van der Waals surface area contributed by atoms with Crippen LogP contribution >= 0.6 is 11.6 Å². The summed E-state index contributed by atoms with van der Waals surface area (Å²) in [5.41, 5.74) is -0.0533. The largest absolute Gasteiger partial charge is 0.465 e. The molecule has 0 atom stereocenters. The zero-order valence-corrected chi connectivity index (χ0v) is 10.5. The second-order valence-electron chi connectivity index (χ2n) is 3.41. The topological polar surface area (TPSA) is 61.3 Å². The molecule has 0 N–H and O–H groups in total. The minimum atomic E-state index is -0.720. The second-order valence-corrected chi connectivity index (χ2v) is 3.77. The van der Waals surface area contributed by atoms with Crippen molar-refractivity contribution in [3.8, 4) is 11.5 Å². The van der Waals surface area contributed by atoms with Crippen molar-refractivity contribution in [3.05, 3.63) is 47.3 Å². The lowest BCUT2D eigenvalue weighted by atomic mass is 10.2. The van der Waals surface area contributed by atoms with Gasteiger partial charge in [0, 0.05) is 0 Å². The number of carbonyl (C=O) groups is 1. The van der Waals surface area contributed by atoms with E-state index in [-0.39, 0.29) is 22.2 Å². The molecule has 0 aliphatic carbocycles. The van der Waals surface area contributed by atoms with Crippen LogP contribution in [-0.2, 0) is 4.74 Å². The van der Waals surface area contributed by atoms with Gasteiger partial charge >= 0.3 is 5.97 Å². The van der Waals surface area contributed by atoms with E-state index in [0.717, 1.165) is 12.1 Å². The number of aromatic nitrogens is 2. The zero-order chi connectivity index (χ0) is 13.8. The Kier molecular flexibility index (Phi) is 3.91. The summed E-state index contributed by atoms with van der Waals surface area (Å²) in [6, 6.07) is 3.46. The van der Waals surface area contributed by atoms with E-state index in [1.54, 1.807) is 0 Å². The van der Waals surface area contributed by atoms with Crippen LogP contribution in [0.25, 0.3) is 0 Å². The smallest absolute Gasteiger partial charge is 0.341 e. The van der Waals surface area contributed by atoms with Crippen molar-refractivity contribution in [1.82, 2.24) is 9.97 Å². The SMILES string of the molecule is COC(=O)c1cc(F)ccc1Oc1cncnc1Cl. The Balaban J connectivity index is 2.40. The minimum Gasteiger partial charge on any atom is -0.465 e. The van der Waals surface area contributed by atoms with E-state index in [2.05, 4.69) is 14.7 Å². The number of hydrogen-bond acceptors (Lipinski definition) is 5. The van der Waals surface area contributed by atoms with Crippen LogP contribution in [0.5, 0.6) is 11.5 Å². The summed E-state index contributed by atoms with van der Waals surface area (Å²) in [6.45, 7) is 0. The maximum Gasteiger partial charge on any atom is 0.341 e. The molecular formula is C12H8ClFN2O3. The van der Waals surface area contributed by atoms with Gasteiger partial charge in [0.25, 0.3) is 0 Å². The highest BCUT2D eigenvalue weighted by Crippen LogP contribution is 2.29. The predicted octanol–water partition coefficient (Wildman–Crippen LogP) is 2.85. The number of nitrogens with zero attached hydrogens (tertiary/aromatic N) is 2. The van der Waals surface area contributed by atoms with Crippen LogP contribution in [0.2, 0.25) is 5.15 Å². The first-order valence-corrected chi connectivity index (χ1v) is 5.51. The Bertz CT molecular complexity index is 622. The quantitative estimate of drug-likeness (QED) is 0.640. The van der Waals surface area contributed by atoms with Crippen molar-refractivity contribution in [3.63, 3.8) is 0 Å². The normalized spacial score (nSPS) is 10.1. The molecule has 7 heteroatoms. The highest BCUT2D eigenvalue weighted by Gasteiger charge is 2.16. The van der Waals surface area contributed by atoms with Gasteiger partial charge in [-0.25, -0.2) is 19.2 Å². The average molecular weight is 283 g/mol. The van der Waals surface area contributed by atoms with E-state index in [9.17, 15) is 9.18 Å². The molecule has 0 unspecified atom stereocenters. The first kappa shape index (κ1) is 13.2. The summed E-state index contributed by atoms with van der Waals surface area (Å²) in [5.74, 6) is -1.04. The number of rotatable bonds is 3. The van der Waals surface area contributed by atoms with Gasteiger partial charge in [0.05, 0.1) is 13.3 Å². The molecule has 0 bridgehead atoms. The Morgan fingerprint density at radius 3 is 2.84 bits per heavy atom. The van der Waals surface area contributed by atoms with Crippen molar-refractivity contribution >= 4 is 17.6 Å². The van der Waals surface area contributed by atoms with Gasteiger partial charge in [-0.3, -0.25) is 0 Å². The van der Waals surface area contributed by atoms with Crippen LogP contribution in [0.4, 0.5) is 4.39 Å². The molecule has 0 saturated carbocycles. The minimum absolute atomic E-state index is 0.0533. The molecule has 98 valence electrons. The number of halogens is 2. The first-order valence-electron chi connectivity index (χ1n) is 5.13. The van der Waals surface area contributed by atoms with E-state index >= 15 is 0 Å². The summed E-state index contributed by atoms with van der Waals surface area (Å²) in [4.78, 5) is 19.0. The van der Waals surface area contributed by atoms with Gasteiger partial charge in [0.2, 0.25) is 0 Å². The molecular weight excluding hydrogens is 275 g/mol. The van der Waals surface area contributed by atoms with E-state index in [1.807, 2.05) is 0 Å². The van der Waals surface area contributed by atoms with Gasteiger partial charge in [0.15, 0.2) is 10.9 Å². The van der Waals surface area contributed by atoms with Gasteiger partial charge in [-0.05, 0) is 18.2 Å². The Morgan fingerprint density at radius 1 is 1.37 bits per heavy atom. The van der Waals surface area contributed by atoms with E-state index in [0.29, 0.717) is 0 Å². The van der Waals surface area contributed by atoms with Crippen molar-refractivity contribution in [1.29, 1.82) is 0 Å². The number of benzene rings is 1. The fraction of sp³-hybridized carbons (Fsp3) is 0.0833. The van der Waals surface area contributed by atoms with Crippen molar-refractivity contribution in [2.45, 2.75) is 0 Å². The lowest BCUT2D eigenvalue weighted by Gasteiger charge is -2.10. The summed E-state index contributed by atoms with van der Waals surface area (Å²) in [7, 11) is 1.19. The highest BCUT2D eigenvalue weighted by atomic mass is 35.5. The molecule has 0 amide bonds. The summed E-state index contributed by atoms with van der Waals surface area (Å²) >= 11 is 5.80. The van der Waals surface area contributed by atoms with Gasteiger partial charge in [0.1, 0.15) is 23.5 Å². The standard InChI is InChI=1S/C12H8ClFN2O3/c1-18-12(17)8-4-7(14)2-3-9(8)19-10-5-15-6-16-11(10)13/h2-6H,1H3. The molecule has 0 aliphatic rings. The monoisotopic (exact) mass is 282 g/mol. The lowest BCUT2D eigenvalue weighted by Crippen LogP contribution is -2.04. The van der Waals surface area contributed by atoms with Crippen LogP contribution in [0.3, 0.4) is 0 Å². The lowest BCUT2D eigenvalue weighted by molar-refractivity contribution is 0.0597. The molecule has 2 rings (SSSR count). The molecule has 0 spiro atoms. The molecule has 1 aromatic heterocycles. The first-order chi connectivity index (χ1) is 9.11. The highest BCUT2D eigenvalue weighted by molar-refractivity contribution is 6.30. The van der Waals surface area contributed by atoms with Gasteiger partial charge < -0.3 is 9.47 Å². The molecule has 0 fully saturated rings. The molecule has 19 heavy (non-hydrogen) atoms. The Morgan fingerprint density at radius 2 is 2.16 bits per heavy atom. The number of methoxy groups -OCH3 is 1. The molecule has 1 heterocycles. The van der Waals surface area contributed by atoms with Crippen LogP contribution in [0.1, 0.15) is 10.4 Å². The van der Waals surface area contributed by atoms with Crippen LogP contribution in [0.15, 0.2) is 30.7 Å². The summed E-state index contributed by atoms with van der Waals surface area (Å²) < 4.78 is 23.1. The third kappa shape index (κ3) is 2.97. The number of esters is 1. The molecule has 1 aromatic carbocycles. The predicted molar refractivity (Wildman–Crippen MR) is 64.9 cm³/mol. The number of hydrogen-bond donors (Lipinski definition) is 0. The Hall–Kier alpha value is -2.21.